The molecule has 8 bridgehead atoms. The van der Waals surface area contributed by atoms with Gasteiger partial charge in [-0.3, -0.25) is 19.2 Å². The molecule has 12 nitrogen and oxygen atoms in total. The van der Waals surface area contributed by atoms with Gasteiger partial charge >= 0.3 is 23.9 Å². The number of hydrogen-bond acceptors (Lipinski definition) is 12. The van der Waals surface area contributed by atoms with Crippen molar-refractivity contribution >= 4 is 69.0 Å². The summed E-state index contributed by atoms with van der Waals surface area (Å²) in [5, 5.41) is 0. The molecule has 5 aliphatic heterocycles. The van der Waals surface area contributed by atoms with E-state index in [9.17, 15) is 19.2 Å². The van der Waals surface area contributed by atoms with E-state index in [1.165, 1.54) is 0 Å². The summed E-state index contributed by atoms with van der Waals surface area (Å²) in [6.07, 6.45) is 32.7. The Labute approximate surface area is 485 Å². The van der Waals surface area contributed by atoms with Crippen LogP contribution in [-0.2, 0) is 38.7 Å². The van der Waals surface area contributed by atoms with E-state index >= 15 is 0 Å². The third-order valence-corrected chi connectivity index (χ3v) is 13.0. The predicted octanol–water partition coefficient (Wildman–Crippen LogP) is 14.7. The predicted molar refractivity (Wildman–Crippen MR) is 318 cm³/mol. The molecule has 4 aromatic rings. The number of esters is 4. The molecule has 0 radical (unpaired) electrons. The Morgan fingerprint density at radius 3 is 1.21 bits per heavy atom. The van der Waals surface area contributed by atoms with Crippen LogP contribution in [0.4, 0.5) is 0 Å². The number of carbonyl (C=O) groups is 4. The van der Waals surface area contributed by atoms with Gasteiger partial charge in [0.1, 0.15) is 23.0 Å². The van der Waals surface area contributed by atoms with Crippen molar-refractivity contribution in [2.75, 3.05) is 0 Å². The number of rotatable bonds is 20. The van der Waals surface area contributed by atoms with Gasteiger partial charge in [-0.05, 0) is 126 Å². The molecule has 0 saturated heterocycles. The van der Waals surface area contributed by atoms with Gasteiger partial charge in [-0.15, -0.1) is 0 Å². The van der Waals surface area contributed by atoms with Crippen LogP contribution >= 0.6 is 0 Å². The molecule has 5 aliphatic rings. The maximum Gasteiger partial charge on any atom is 0.311 e. The van der Waals surface area contributed by atoms with Crippen LogP contribution in [0, 0.1) is 0 Å². The first-order chi connectivity index (χ1) is 39.1. The van der Waals surface area contributed by atoms with Crippen LogP contribution in [0.15, 0.2) is 237 Å². The van der Waals surface area contributed by atoms with Crippen molar-refractivity contribution in [3.8, 4) is 23.0 Å². The monoisotopic (exact) mass is 1120 g/mol. The molecule has 81 heavy (non-hydrogen) atoms. The second-order valence-electron chi connectivity index (χ2n) is 18.7. The molecule has 402 valence electrons. The van der Waals surface area contributed by atoms with Gasteiger partial charge in [0.2, 0.25) is 0 Å². The first-order valence-corrected chi connectivity index (χ1v) is 26.9. The van der Waals surface area contributed by atoms with E-state index in [1.54, 1.807) is 48.5 Å². The molecule has 0 N–H and O–H groups in total. The van der Waals surface area contributed by atoms with Crippen molar-refractivity contribution < 1.29 is 57.6 Å². The van der Waals surface area contributed by atoms with Gasteiger partial charge in [-0.2, -0.15) is 0 Å². The van der Waals surface area contributed by atoms with Gasteiger partial charge in [-0.1, -0.05) is 121 Å². The summed E-state index contributed by atoms with van der Waals surface area (Å²) in [6, 6.07) is 29.0. The van der Waals surface area contributed by atoms with Gasteiger partial charge in [0.25, 0.3) is 0 Å². The number of ether oxygens (including phenoxy) is 4. The number of carbonyl (C=O) groups excluding carboxylic acids is 4. The summed E-state index contributed by atoms with van der Waals surface area (Å²) in [5.41, 5.74) is 7.91. The van der Waals surface area contributed by atoms with E-state index in [0.29, 0.717) is 122 Å². The van der Waals surface area contributed by atoms with E-state index in [2.05, 4.69) is 0 Å². The number of hydrogen-bond donors (Lipinski definition) is 0. The molecular formula is C68H60N4O8Zn. The molecule has 0 atom stereocenters. The summed E-state index contributed by atoms with van der Waals surface area (Å²) in [7, 11) is 0. The third-order valence-electron chi connectivity index (χ3n) is 13.0. The van der Waals surface area contributed by atoms with E-state index in [0.717, 1.165) is 0 Å². The molecule has 9 rings (SSSR count). The van der Waals surface area contributed by atoms with Crippen LogP contribution in [0.2, 0.25) is 0 Å². The van der Waals surface area contributed by atoms with Crippen LogP contribution in [-0.4, -0.2) is 46.7 Å². The Bertz CT molecular complexity index is 3680. The Morgan fingerprint density at radius 1 is 0.395 bits per heavy atom. The minimum atomic E-state index is -0.469. The topological polar surface area (TPSA) is 155 Å². The van der Waals surface area contributed by atoms with Crippen molar-refractivity contribution in [1.29, 1.82) is 0 Å². The molecule has 0 unspecified atom stereocenters. The summed E-state index contributed by atoms with van der Waals surface area (Å²) in [4.78, 5) is 76.5. The minimum absolute atomic E-state index is 0. The number of aliphatic imine (C=N–C) groups is 4. The van der Waals surface area contributed by atoms with Crippen LogP contribution in [0.1, 0.15) is 101 Å². The van der Waals surface area contributed by atoms with Crippen molar-refractivity contribution in [3.05, 3.63) is 239 Å². The largest absolute Gasteiger partial charge is 0.426 e. The average Bonchev–Trinajstić information content (AvgIpc) is 4.32. The molecule has 0 spiro atoms. The minimum Gasteiger partial charge on any atom is -0.426 e. The van der Waals surface area contributed by atoms with Gasteiger partial charge in [0.05, 0.1) is 45.6 Å². The number of allylic oxidation sites excluding steroid dienone is 20. The maximum atomic E-state index is 14.0. The maximum absolute atomic E-state index is 14.0. The normalized spacial score (nSPS) is 15.4. The quantitative estimate of drug-likeness (QED) is 0.0367. The smallest absolute Gasteiger partial charge is 0.311 e. The zero-order valence-electron chi connectivity index (χ0n) is 45.9. The van der Waals surface area contributed by atoms with Gasteiger partial charge in [0.15, 0.2) is 0 Å². The van der Waals surface area contributed by atoms with Crippen molar-refractivity contribution in [2.24, 2.45) is 20.0 Å². The average molecular weight is 1130 g/mol. The number of fused-ring (bicyclic) bond motifs is 4. The summed E-state index contributed by atoms with van der Waals surface area (Å²) < 4.78 is 25.2. The van der Waals surface area contributed by atoms with Gasteiger partial charge in [0, 0.05) is 89.7 Å². The molecule has 0 aliphatic carbocycles. The van der Waals surface area contributed by atoms with Gasteiger partial charge < -0.3 is 18.9 Å². The standard InChI is InChI=1S/C68H60N4O8.Zn/c1-5-9-13-33-60(73)77-56-29-21-17-25-50(56)54-43-49-42-47-38-37-45(69-47)41-46-39-40-48(70-46)44-55-64(51-26-18-22-30-57(51)78-61(74)34-14-10-6-2)65(52-27-19-23-31-58(52)79-62(75)35-15-11-7-3)68(72-55)66(67(54)71-49)53-28-20-24-32-59(53)80-63(76)36-16-12-8-4;/h5-12,17-32,37-44H,13-16,33-36H2,1-4H3;. The fourth-order valence-electron chi connectivity index (χ4n) is 9.36. The first-order valence-electron chi connectivity index (χ1n) is 26.9. The molecule has 0 saturated carbocycles. The molecule has 5 heterocycles. The SMILES string of the molecule is CC=CCCC(=O)Oc1ccccc1C1=CC2=CC3=NC(=CC4=NC(=CC5=NC(=C(c6ccccc6OC(=O)CCC=CC)C1=N2)C(c1ccccc1OC(=O)CCC=CC)=C5c1ccccc1OC(=O)CCC=CC)C=C4)C=C3.[Zn]. The zero-order chi connectivity index (χ0) is 55.8. The zero-order valence-corrected chi connectivity index (χ0v) is 48.9. The van der Waals surface area contributed by atoms with Crippen molar-refractivity contribution in [1.82, 2.24) is 0 Å². The number of para-hydroxylation sites is 4. The second kappa shape index (κ2) is 28.2. The Hall–Kier alpha value is -9.06. The summed E-state index contributed by atoms with van der Waals surface area (Å²) in [6.45, 7) is 7.59. The van der Waals surface area contributed by atoms with Crippen LogP contribution in [0.5, 0.6) is 23.0 Å². The summed E-state index contributed by atoms with van der Waals surface area (Å²) >= 11 is 0. The van der Waals surface area contributed by atoms with Crippen LogP contribution in [0.25, 0.3) is 22.3 Å². The van der Waals surface area contributed by atoms with Crippen LogP contribution < -0.4 is 18.9 Å². The van der Waals surface area contributed by atoms with E-state index in [-0.39, 0.29) is 62.4 Å². The van der Waals surface area contributed by atoms with E-state index in [1.807, 2.05) is 173 Å². The Kier molecular flexibility index (Phi) is 20.2. The molecule has 0 aromatic heterocycles. The van der Waals surface area contributed by atoms with Crippen LogP contribution in [0.3, 0.4) is 0 Å². The van der Waals surface area contributed by atoms with Gasteiger partial charge in [-0.25, -0.2) is 20.0 Å². The second-order valence-corrected chi connectivity index (χ2v) is 18.7. The molecule has 13 heteroatoms. The molecule has 0 amide bonds. The molecular weight excluding hydrogens is 1070 g/mol. The Balaban J connectivity index is 0.00000860. The Morgan fingerprint density at radius 2 is 0.765 bits per heavy atom. The summed E-state index contributed by atoms with van der Waals surface area (Å²) in [5.74, 6) is -0.809. The molecule has 4 aromatic carbocycles. The van der Waals surface area contributed by atoms with E-state index in [4.69, 9.17) is 38.9 Å². The van der Waals surface area contributed by atoms with E-state index < -0.39 is 23.9 Å². The first kappa shape index (κ1) is 58.1. The fraction of sp³-hybridized carbons (Fsp3) is 0.176. The number of nitrogens with zero attached hydrogens (tertiary/aromatic N) is 4. The van der Waals surface area contributed by atoms with Crippen molar-refractivity contribution in [2.45, 2.75) is 79.1 Å². The third kappa shape index (κ3) is 14.4. The van der Waals surface area contributed by atoms with Crippen molar-refractivity contribution in [3.63, 3.8) is 0 Å². The fourth-order valence-corrected chi connectivity index (χ4v) is 9.36. The molecule has 0 fully saturated rings. The number of benzene rings is 4.